The molecule has 1 heterocycles. The number of benzene rings is 1. The maximum absolute atomic E-state index is 8.82. The third kappa shape index (κ3) is 1.54. The van der Waals surface area contributed by atoms with Gasteiger partial charge in [0, 0.05) is 16.1 Å². The molecule has 1 aromatic carbocycles. The zero-order chi connectivity index (χ0) is 11.0. The first kappa shape index (κ1) is 10.2. The first-order valence-electron chi connectivity index (χ1n) is 4.07. The van der Waals surface area contributed by atoms with Crippen LogP contribution in [0.25, 0.3) is 10.9 Å². The van der Waals surface area contributed by atoms with E-state index in [-0.39, 0.29) is 0 Å². The summed E-state index contributed by atoms with van der Waals surface area (Å²) in [6.07, 6.45) is 1.43. The average molecular weight is 283 g/mol. The highest BCUT2D eigenvalue weighted by Gasteiger charge is 2.10. The van der Waals surface area contributed by atoms with Crippen molar-refractivity contribution >= 4 is 44.1 Å². The third-order valence-corrected chi connectivity index (χ3v) is 3.05. The number of nitrogens with two attached hydrogens (primary N) is 1. The highest BCUT2D eigenvalue weighted by molar-refractivity contribution is 9.10. The Morgan fingerprint density at radius 1 is 1.47 bits per heavy atom. The Morgan fingerprint density at radius 3 is 2.87 bits per heavy atom. The fraction of sp³-hybridized carbons (Fsp3) is 0. The molecule has 0 fully saturated rings. The SMILES string of the molecule is N#Cc1cnc2c(Cl)ccc(Br)c2c1N. The van der Waals surface area contributed by atoms with Crippen molar-refractivity contribution in [2.24, 2.45) is 0 Å². The Labute approximate surface area is 99.6 Å². The molecule has 0 aliphatic carbocycles. The van der Waals surface area contributed by atoms with Crippen molar-refractivity contribution in [1.29, 1.82) is 5.26 Å². The second-order valence-corrected chi connectivity index (χ2v) is 4.21. The minimum Gasteiger partial charge on any atom is -0.397 e. The van der Waals surface area contributed by atoms with E-state index in [4.69, 9.17) is 22.6 Å². The Bertz CT molecular complexity index is 589. The number of nitrogens with zero attached hydrogens (tertiary/aromatic N) is 2. The van der Waals surface area contributed by atoms with Gasteiger partial charge in [0.2, 0.25) is 0 Å². The van der Waals surface area contributed by atoms with Gasteiger partial charge in [-0.05, 0) is 12.1 Å². The summed E-state index contributed by atoms with van der Waals surface area (Å²) < 4.78 is 0.781. The highest BCUT2D eigenvalue weighted by Crippen LogP contribution is 2.33. The van der Waals surface area contributed by atoms with E-state index in [0.29, 0.717) is 27.2 Å². The largest absolute Gasteiger partial charge is 0.397 e. The minimum absolute atomic E-state index is 0.352. The van der Waals surface area contributed by atoms with Crippen molar-refractivity contribution in [1.82, 2.24) is 4.98 Å². The number of nitriles is 1. The van der Waals surface area contributed by atoms with Gasteiger partial charge in [-0.15, -0.1) is 0 Å². The first-order chi connectivity index (χ1) is 7.15. The maximum atomic E-state index is 8.82. The number of hydrogen-bond acceptors (Lipinski definition) is 3. The number of fused-ring (bicyclic) bond motifs is 1. The zero-order valence-corrected chi connectivity index (χ0v) is 9.80. The van der Waals surface area contributed by atoms with Crippen molar-refractivity contribution < 1.29 is 0 Å². The Balaban J connectivity index is 3.00. The molecule has 0 bridgehead atoms. The molecule has 15 heavy (non-hydrogen) atoms. The molecular weight excluding hydrogens is 277 g/mol. The molecule has 0 atom stereocenters. The van der Waals surface area contributed by atoms with Crippen LogP contribution in [-0.2, 0) is 0 Å². The number of anilines is 1. The van der Waals surface area contributed by atoms with Gasteiger partial charge in [-0.1, -0.05) is 27.5 Å². The molecule has 0 amide bonds. The van der Waals surface area contributed by atoms with Crippen molar-refractivity contribution in [3.63, 3.8) is 0 Å². The molecule has 74 valence electrons. The zero-order valence-electron chi connectivity index (χ0n) is 7.46. The minimum atomic E-state index is 0.352. The van der Waals surface area contributed by atoms with E-state index in [1.54, 1.807) is 12.1 Å². The van der Waals surface area contributed by atoms with E-state index >= 15 is 0 Å². The molecule has 3 nitrogen and oxygen atoms in total. The summed E-state index contributed by atoms with van der Waals surface area (Å²) in [5, 5.41) is 10.0. The number of pyridine rings is 1. The van der Waals surface area contributed by atoms with Gasteiger partial charge in [-0.2, -0.15) is 5.26 Å². The lowest BCUT2D eigenvalue weighted by molar-refractivity contribution is 1.37. The summed E-state index contributed by atoms with van der Waals surface area (Å²) in [5.74, 6) is 0. The molecule has 1 aromatic heterocycles. The second kappa shape index (κ2) is 3.69. The van der Waals surface area contributed by atoms with E-state index < -0.39 is 0 Å². The van der Waals surface area contributed by atoms with E-state index in [2.05, 4.69) is 20.9 Å². The van der Waals surface area contributed by atoms with Crippen LogP contribution >= 0.6 is 27.5 Å². The van der Waals surface area contributed by atoms with Crippen LogP contribution in [0.4, 0.5) is 5.69 Å². The molecule has 0 saturated heterocycles. The van der Waals surface area contributed by atoms with Gasteiger partial charge >= 0.3 is 0 Å². The monoisotopic (exact) mass is 281 g/mol. The highest BCUT2D eigenvalue weighted by atomic mass is 79.9. The Hall–Kier alpha value is -1.31. The van der Waals surface area contributed by atoms with Crippen LogP contribution < -0.4 is 5.73 Å². The molecule has 0 aliphatic heterocycles. The lowest BCUT2D eigenvalue weighted by atomic mass is 10.1. The number of hydrogen-bond donors (Lipinski definition) is 1. The van der Waals surface area contributed by atoms with E-state index in [0.717, 1.165) is 4.47 Å². The van der Waals surface area contributed by atoms with Gasteiger partial charge in [-0.25, -0.2) is 0 Å². The van der Waals surface area contributed by atoms with Crippen LogP contribution in [-0.4, -0.2) is 4.98 Å². The Morgan fingerprint density at radius 2 is 2.20 bits per heavy atom. The smallest absolute Gasteiger partial charge is 0.103 e. The van der Waals surface area contributed by atoms with Gasteiger partial charge in [0.25, 0.3) is 0 Å². The van der Waals surface area contributed by atoms with E-state index in [1.165, 1.54) is 6.20 Å². The molecule has 5 heteroatoms. The second-order valence-electron chi connectivity index (χ2n) is 2.95. The lowest BCUT2D eigenvalue weighted by Crippen LogP contribution is -1.95. The van der Waals surface area contributed by atoms with Crippen LogP contribution in [0.3, 0.4) is 0 Å². The summed E-state index contributed by atoms with van der Waals surface area (Å²) >= 11 is 9.33. The van der Waals surface area contributed by atoms with Gasteiger partial charge in [0.05, 0.1) is 21.8 Å². The molecular formula is C10H5BrClN3. The summed E-state index contributed by atoms with van der Waals surface area (Å²) in [6, 6.07) is 5.49. The standard InChI is InChI=1S/C10H5BrClN3/c11-6-1-2-7(12)10-8(6)9(14)5(3-13)4-15-10/h1-2,4H,(H2,14,15). The molecule has 2 rings (SSSR count). The normalized spacial score (nSPS) is 10.2. The molecule has 0 radical (unpaired) electrons. The third-order valence-electron chi connectivity index (χ3n) is 2.08. The molecule has 2 aromatic rings. The summed E-state index contributed by atoms with van der Waals surface area (Å²) in [4.78, 5) is 4.11. The number of halogens is 2. The van der Waals surface area contributed by atoms with Crippen molar-refractivity contribution in [3.8, 4) is 6.07 Å². The summed E-state index contributed by atoms with van der Waals surface area (Å²) in [7, 11) is 0. The molecule has 2 N–H and O–H groups in total. The predicted molar refractivity (Wildman–Crippen MR) is 63.6 cm³/mol. The number of aromatic nitrogens is 1. The Kier molecular flexibility index (Phi) is 2.51. The van der Waals surface area contributed by atoms with Crippen molar-refractivity contribution in [2.45, 2.75) is 0 Å². The van der Waals surface area contributed by atoms with Gasteiger partial charge in [0.1, 0.15) is 6.07 Å². The van der Waals surface area contributed by atoms with E-state index in [9.17, 15) is 0 Å². The van der Waals surface area contributed by atoms with Crippen molar-refractivity contribution in [2.75, 3.05) is 5.73 Å². The van der Waals surface area contributed by atoms with Crippen LogP contribution in [0.5, 0.6) is 0 Å². The van der Waals surface area contributed by atoms with Gasteiger partial charge < -0.3 is 5.73 Å². The predicted octanol–water partition coefficient (Wildman–Crippen LogP) is 3.10. The topological polar surface area (TPSA) is 62.7 Å². The van der Waals surface area contributed by atoms with E-state index in [1.807, 2.05) is 6.07 Å². The molecule has 0 spiro atoms. The summed E-state index contributed by atoms with van der Waals surface area (Å²) in [5.41, 5.74) is 7.20. The van der Waals surface area contributed by atoms with Crippen LogP contribution in [0, 0.1) is 11.3 Å². The maximum Gasteiger partial charge on any atom is 0.103 e. The first-order valence-corrected chi connectivity index (χ1v) is 5.24. The van der Waals surface area contributed by atoms with Crippen molar-refractivity contribution in [3.05, 3.63) is 33.4 Å². The fourth-order valence-electron chi connectivity index (χ4n) is 1.35. The lowest BCUT2D eigenvalue weighted by Gasteiger charge is -2.06. The average Bonchev–Trinajstić information content (AvgIpc) is 2.23. The van der Waals surface area contributed by atoms with Crippen LogP contribution in [0.1, 0.15) is 5.56 Å². The molecule has 0 unspecified atom stereocenters. The number of nitrogen functional groups attached to an aromatic ring is 1. The molecule has 0 aliphatic rings. The molecule has 0 saturated carbocycles. The number of rotatable bonds is 0. The van der Waals surface area contributed by atoms with Gasteiger partial charge in [-0.3, -0.25) is 4.98 Å². The summed E-state index contributed by atoms with van der Waals surface area (Å²) in [6.45, 7) is 0. The van der Waals surface area contributed by atoms with Crippen LogP contribution in [0.15, 0.2) is 22.8 Å². The fourth-order valence-corrected chi connectivity index (χ4v) is 2.09. The van der Waals surface area contributed by atoms with Crippen LogP contribution in [0.2, 0.25) is 5.02 Å². The quantitative estimate of drug-likeness (QED) is 0.807. The van der Waals surface area contributed by atoms with Gasteiger partial charge in [0.15, 0.2) is 0 Å².